The van der Waals surface area contributed by atoms with E-state index in [9.17, 15) is 9.90 Å². The second-order valence-corrected chi connectivity index (χ2v) is 6.91. The highest BCUT2D eigenvalue weighted by atomic mass is 32.1. The van der Waals surface area contributed by atoms with Crippen LogP contribution in [0.1, 0.15) is 24.6 Å². The smallest absolute Gasteiger partial charge is 0.308 e. The molecule has 0 bridgehead atoms. The summed E-state index contributed by atoms with van der Waals surface area (Å²) in [6, 6.07) is 10.2. The fourth-order valence-corrected chi connectivity index (χ4v) is 4.00. The zero-order chi connectivity index (χ0) is 15.5. The predicted octanol–water partition coefficient (Wildman–Crippen LogP) is 3.50. The van der Waals surface area contributed by atoms with Crippen molar-refractivity contribution in [2.24, 2.45) is 5.92 Å². The third kappa shape index (κ3) is 3.20. The summed E-state index contributed by atoms with van der Waals surface area (Å²) in [7, 11) is 0. The summed E-state index contributed by atoms with van der Waals surface area (Å²) >= 11 is 1.69. The monoisotopic (exact) mass is 316 g/mol. The molecule has 0 spiro atoms. The lowest BCUT2D eigenvalue weighted by Gasteiger charge is -2.37. The van der Waals surface area contributed by atoms with E-state index in [0.717, 1.165) is 36.5 Å². The lowest BCUT2D eigenvalue weighted by molar-refractivity contribution is -0.145. The van der Waals surface area contributed by atoms with Gasteiger partial charge < -0.3 is 5.11 Å². The lowest BCUT2D eigenvalue weighted by atomic mass is 9.90. The summed E-state index contributed by atoms with van der Waals surface area (Å²) in [5.74, 6) is -0.929. The van der Waals surface area contributed by atoms with Crippen molar-refractivity contribution in [2.75, 3.05) is 6.54 Å². The molecular weight excluding hydrogens is 296 g/mol. The molecule has 0 amide bonds. The van der Waals surface area contributed by atoms with Crippen LogP contribution in [0.25, 0.3) is 10.6 Å². The van der Waals surface area contributed by atoms with E-state index in [-0.39, 0.29) is 12.0 Å². The van der Waals surface area contributed by atoms with E-state index >= 15 is 0 Å². The summed E-state index contributed by atoms with van der Waals surface area (Å²) in [5, 5.41) is 10.3. The zero-order valence-electron chi connectivity index (χ0n) is 12.6. The number of hydrogen-bond donors (Lipinski definition) is 1. The van der Waals surface area contributed by atoms with Gasteiger partial charge in [0, 0.05) is 29.2 Å². The van der Waals surface area contributed by atoms with E-state index in [1.54, 1.807) is 11.3 Å². The van der Waals surface area contributed by atoms with Crippen LogP contribution < -0.4 is 0 Å². The zero-order valence-corrected chi connectivity index (χ0v) is 13.4. The molecule has 5 heteroatoms. The number of nitrogens with zero attached hydrogens (tertiary/aromatic N) is 2. The molecule has 3 rings (SSSR count). The number of aromatic nitrogens is 1. The lowest BCUT2D eigenvalue weighted by Crippen LogP contribution is -2.45. The van der Waals surface area contributed by atoms with Gasteiger partial charge in [0.25, 0.3) is 0 Å². The fraction of sp³-hybridized carbons (Fsp3) is 0.412. The predicted molar refractivity (Wildman–Crippen MR) is 87.8 cm³/mol. The summed E-state index contributed by atoms with van der Waals surface area (Å²) < 4.78 is 0. The Morgan fingerprint density at radius 3 is 2.91 bits per heavy atom. The van der Waals surface area contributed by atoms with Crippen LogP contribution in [-0.4, -0.2) is 33.5 Å². The number of hydrogen-bond acceptors (Lipinski definition) is 4. The molecule has 0 unspecified atom stereocenters. The Morgan fingerprint density at radius 1 is 1.41 bits per heavy atom. The number of likely N-dealkylation sites (tertiary alicyclic amines) is 1. The molecule has 2 atom stereocenters. The van der Waals surface area contributed by atoms with Gasteiger partial charge in [0.1, 0.15) is 5.01 Å². The van der Waals surface area contributed by atoms with Gasteiger partial charge in [-0.25, -0.2) is 4.98 Å². The van der Waals surface area contributed by atoms with Gasteiger partial charge in [0.15, 0.2) is 0 Å². The van der Waals surface area contributed by atoms with Crippen molar-refractivity contribution in [1.29, 1.82) is 0 Å². The molecule has 22 heavy (non-hydrogen) atoms. The first-order valence-corrected chi connectivity index (χ1v) is 8.44. The number of piperidine rings is 1. The Labute approximate surface area is 134 Å². The van der Waals surface area contributed by atoms with Gasteiger partial charge in [-0.3, -0.25) is 9.69 Å². The molecular formula is C17H20N2O2S. The molecule has 1 fully saturated rings. The Bertz CT molecular complexity index is 641. The van der Waals surface area contributed by atoms with Crippen LogP contribution in [0.15, 0.2) is 36.5 Å². The SMILES string of the molecule is C[C@@H]1[C@H](C(=O)O)CCCN1Cc1cnc(-c2ccccc2)s1. The number of aliphatic carboxylic acids is 1. The van der Waals surface area contributed by atoms with Gasteiger partial charge in [-0.05, 0) is 26.3 Å². The van der Waals surface area contributed by atoms with Crippen LogP contribution in [0, 0.1) is 5.92 Å². The summed E-state index contributed by atoms with van der Waals surface area (Å²) in [6.07, 6.45) is 3.65. The Morgan fingerprint density at radius 2 is 2.18 bits per heavy atom. The molecule has 116 valence electrons. The Balaban J connectivity index is 1.71. The van der Waals surface area contributed by atoms with E-state index in [1.165, 1.54) is 4.88 Å². The van der Waals surface area contributed by atoms with Gasteiger partial charge in [-0.2, -0.15) is 0 Å². The minimum Gasteiger partial charge on any atom is -0.481 e. The number of carbonyl (C=O) groups is 1. The quantitative estimate of drug-likeness (QED) is 0.938. The van der Waals surface area contributed by atoms with Crippen LogP contribution >= 0.6 is 11.3 Å². The minimum absolute atomic E-state index is 0.0773. The first-order chi connectivity index (χ1) is 10.6. The van der Waals surface area contributed by atoms with E-state index in [1.807, 2.05) is 31.3 Å². The highest BCUT2D eigenvalue weighted by Crippen LogP contribution is 2.29. The van der Waals surface area contributed by atoms with Crippen LogP contribution in [0.3, 0.4) is 0 Å². The van der Waals surface area contributed by atoms with Crippen LogP contribution in [0.2, 0.25) is 0 Å². The highest BCUT2D eigenvalue weighted by Gasteiger charge is 2.32. The van der Waals surface area contributed by atoms with E-state index in [0.29, 0.717) is 0 Å². The molecule has 4 nitrogen and oxygen atoms in total. The van der Waals surface area contributed by atoms with Crippen LogP contribution in [0.5, 0.6) is 0 Å². The molecule has 2 aromatic rings. The van der Waals surface area contributed by atoms with Gasteiger partial charge in [0.05, 0.1) is 5.92 Å². The first-order valence-electron chi connectivity index (χ1n) is 7.62. The largest absolute Gasteiger partial charge is 0.481 e. The number of benzene rings is 1. The number of rotatable bonds is 4. The van der Waals surface area contributed by atoms with Crippen molar-refractivity contribution in [3.63, 3.8) is 0 Å². The molecule has 1 aliphatic heterocycles. The summed E-state index contributed by atoms with van der Waals surface area (Å²) in [4.78, 5) is 19.3. The van der Waals surface area contributed by atoms with Crippen molar-refractivity contribution in [3.05, 3.63) is 41.4 Å². The second-order valence-electron chi connectivity index (χ2n) is 5.80. The standard InChI is InChI=1S/C17H20N2O2S/c1-12-15(17(20)21)8-5-9-19(12)11-14-10-18-16(22-14)13-6-3-2-4-7-13/h2-4,6-7,10,12,15H,5,8-9,11H2,1H3,(H,20,21)/t12-,15-/m1/s1. The fourth-order valence-electron chi connectivity index (χ4n) is 3.06. The van der Waals surface area contributed by atoms with Crippen molar-refractivity contribution < 1.29 is 9.90 Å². The normalized spacial score (nSPS) is 22.6. The second kappa shape index (κ2) is 6.58. The third-order valence-corrected chi connectivity index (χ3v) is 5.40. The molecule has 0 saturated carbocycles. The van der Waals surface area contributed by atoms with Crippen LogP contribution in [-0.2, 0) is 11.3 Å². The van der Waals surface area contributed by atoms with E-state index in [2.05, 4.69) is 22.0 Å². The topological polar surface area (TPSA) is 53.4 Å². The first kappa shape index (κ1) is 15.2. The average Bonchev–Trinajstić information content (AvgIpc) is 2.98. The number of carboxylic acid groups (broad SMARTS) is 1. The summed E-state index contributed by atoms with van der Waals surface area (Å²) in [5.41, 5.74) is 1.13. The van der Waals surface area contributed by atoms with Crippen molar-refractivity contribution in [1.82, 2.24) is 9.88 Å². The minimum atomic E-state index is -0.675. The Kier molecular flexibility index (Phi) is 4.55. The maximum Gasteiger partial charge on any atom is 0.308 e. The summed E-state index contributed by atoms with van der Waals surface area (Å²) in [6.45, 7) is 3.77. The average molecular weight is 316 g/mol. The maximum absolute atomic E-state index is 11.3. The molecule has 1 aromatic heterocycles. The highest BCUT2D eigenvalue weighted by molar-refractivity contribution is 7.15. The number of thiazole rings is 1. The molecule has 1 saturated heterocycles. The van der Waals surface area contributed by atoms with E-state index < -0.39 is 5.97 Å². The molecule has 1 aromatic carbocycles. The number of carboxylic acids is 1. The van der Waals surface area contributed by atoms with Gasteiger partial charge in [-0.15, -0.1) is 11.3 Å². The van der Waals surface area contributed by atoms with Crippen LogP contribution in [0.4, 0.5) is 0 Å². The molecule has 1 aliphatic rings. The van der Waals surface area contributed by atoms with Gasteiger partial charge in [-0.1, -0.05) is 30.3 Å². The molecule has 2 heterocycles. The van der Waals surface area contributed by atoms with Gasteiger partial charge >= 0.3 is 5.97 Å². The van der Waals surface area contributed by atoms with Crippen molar-refractivity contribution in [2.45, 2.75) is 32.4 Å². The molecule has 0 aliphatic carbocycles. The van der Waals surface area contributed by atoms with E-state index in [4.69, 9.17) is 0 Å². The van der Waals surface area contributed by atoms with Crippen molar-refractivity contribution in [3.8, 4) is 10.6 Å². The Hall–Kier alpha value is -1.72. The van der Waals surface area contributed by atoms with Gasteiger partial charge in [0.2, 0.25) is 0 Å². The van der Waals surface area contributed by atoms with Crippen molar-refractivity contribution >= 4 is 17.3 Å². The molecule has 0 radical (unpaired) electrons. The molecule has 1 N–H and O–H groups in total. The maximum atomic E-state index is 11.3. The third-order valence-electron chi connectivity index (χ3n) is 4.37.